The molecule has 3 aliphatic heterocycles. The number of rotatable bonds is 4. The largest absolute Gasteiger partial charge is 0.378 e. The van der Waals surface area contributed by atoms with Crippen molar-refractivity contribution in [1.29, 1.82) is 0 Å². The zero-order valence-electron chi connectivity index (χ0n) is 20.5. The average Bonchev–Trinajstić information content (AvgIpc) is 3.48. The number of carbonyl (C=O) groups excluding carboxylic acids is 2. The van der Waals surface area contributed by atoms with Gasteiger partial charge in [0.1, 0.15) is 6.04 Å². The van der Waals surface area contributed by atoms with Crippen LogP contribution < -0.4 is 4.90 Å². The lowest BCUT2D eigenvalue weighted by atomic mass is 9.74. The molecule has 2 amide bonds. The number of ether oxygens (including phenoxy) is 1. The Kier molecular flexibility index (Phi) is 6.11. The first-order valence-electron chi connectivity index (χ1n) is 13.2. The maximum atomic E-state index is 13.6. The van der Waals surface area contributed by atoms with Crippen molar-refractivity contribution >= 4 is 17.5 Å². The molecule has 6 rings (SSSR count). The van der Waals surface area contributed by atoms with Gasteiger partial charge in [-0.3, -0.25) is 14.5 Å². The van der Waals surface area contributed by atoms with Crippen LogP contribution in [0.5, 0.6) is 0 Å². The highest BCUT2D eigenvalue weighted by Gasteiger charge is 2.42. The molecule has 0 unspecified atom stereocenters. The third kappa shape index (κ3) is 4.17. The molecule has 3 heterocycles. The summed E-state index contributed by atoms with van der Waals surface area (Å²) < 4.78 is 5.43. The fourth-order valence-electron chi connectivity index (χ4n) is 6.75. The minimum absolute atomic E-state index is 0.0534. The van der Waals surface area contributed by atoms with Crippen molar-refractivity contribution in [2.24, 2.45) is 0 Å². The van der Waals surface area contributed by atoms with Gasteiger partial charge >= 0.3 is 0 Å². The number of para-hydroxylation sites is 1. The van der Waals surface area contributed by atoms with E-state index in [0.29, 0.717) is 44.6 Å². The molecule has 6 nitrogen and oxygen atoms in total. The van der Waals surface area contributed by atoms with E-state index in [1.807, 2.05) is 29.2 Å². The molecule has 2 aromatic carbocycles. The SMILES string of the molecule is O=C([C@@H]1Cc2ccccc2N1C(=O)CCN1CCC2(CCc3ccccc32)CC1)N1CCOCC1. The third-order valence-corrected chi connectivity index (χ3v) is 8.77. The standard InChI is InChI=1S/C29H35N3O3/c33-27(10-14-30-15-12-29(13-16-30)11-9-22-5-1-3-7-24(22)29)32-25-8-4-2-6-23(25)21-26(32)28(34)31-17-19-35-20-18-31/h1-8,26H,9-21H2/t26-/m0/s1. The normalized spacial score (nSPS) is 23.4. The topological polar surface area (TPSA) is 53.1 Å². The number of hydrogen-bond donors (Lipinski definition) is 0. The van der Waals surface area contributed by atoms with Crippen LogP contribution in [-0.2, 0) is 32.6 Å². The summed E-state index contributed by atoms with van der Waals surface area (Å²) >= 11 is 0. The van der Waals surface area contributed by atoms with Crippen LogP contribution in [0.25, 0.3) is 0 Å². The number of amides is 2. The number of hydrogen-bond acceptors (Lipinski definition) is 4. The number of benzene rings is 2. The lowest BCUT2D eigenvalue weighted by Gasteiger charge is -2.40. The lowest BCUT2D eigenvalue weighted by Crippen LogP contribution is -2.53. The number of nitrogens with zero attached hydrogens (tertiary/aromatic N) is 3. The van der Waals surface area contributed by atoms with Gasteiger partial charge in [0.15, 0.2) is 0 Å². The maximum Gasteiger partial charge on any atom is 0.246 e. The van der Waals surface area contributed by atoms with Gasteiger partial charge in [-0.2, -0.15) is 0 Å². The van der Waals surface area contributed by atoms with Crippen molar-refractivity contribution in [1.82, 2.24) is 9.80 Å². The number of likely N-dealkylation sites (tertiary alicyclic amines) is 1. The second-order valence-electron chi connectivity index (χ2n) is 10.6. The number of fused-ring (bicyclic) bond motifs is 3. The smallest absolute Gasteiger partial charge is 0.246 e. The fourth-order valence-corrected chi connectivity index (χ4v) is 6.75. The van der Waals surface area contributed by atoms with Crippen LogP contribution in [0.15, 0.2) is 48.5 Å². The molecule has 1 aliphatic carbocycles. The monoisotopic (exact) mass is 473 g/mol. The van der Waals surface area contributed by atoms with E-state index in [1.54, 1.807) is 10.5 Å². The van der Waals surface area contributed by atoms with E-state index >= 15 is 0 Å². The summed E-state index contributed by atoms with van der Waals surface area (Å²) in [4.78, 5) is 33.1. The number of aryl methyl sites for hydroxylation is 1. The molecular weight excluding hydrogens is 438 g/mol. The molecule has 0 saturated carbocycles. The first-order chi connectivity index (χ1) is 17.1. The van der Waals surface area contributed by atoms with Gasteiger partial charge in [0.2, 0.25) is 11.8 Å². The Hall–Kier alpha value is -2.70. The molecule has 2 fully saturated rings. The maximum absolute atomic E-state index is 13.6. The first-order valence-corrected chi connectivity index (χ1v) is 13.2. The lowest BCUT2D eigenvalue weighted by molar-refractivity contribution is -0.138. The number of anilines is 1. The summed E-state index contributed by atoms with van der Waals surface area (Å²) in [6.07, 6.45) is 5.84. The highest BCUT2D eigenvalue weighted by Crippen LogP contribution is 2.46. The molecule has 2 aromatic rings. The van der Waals surface area contributed by atoms with Crippen LogP contribution >= 0.6 is 0 Å². The van der Waals surface area contributed by atoms with Gasteiger partial charge in [0, 0.05) is 38.2 Å². The molecule has 1 atom stereocenters. The highest BCUT2D eigenvalue weighted by atomic mass is 16.5. The fraction of sp³-hybridized carbons (Fsp3) is 0.517. The molecule has 4 aliphatic rings. The van der Waals surface area contributed by atoms with Gasteiger partial charge in [-0.25, -0.2) is 0 Å². The molecule has 0 aromatic heterocycles. The van der Waals surface area contributed by atoms with E-state index in [4.69, 9.17) is 4.74 Å². The predicted octanol–water partition coefficient (Wildman–Crippen LogP) is 3.17. The highest BCUT2D eigenvalue weighted by molar-refractivity contribution is 6.03. The first kappa shape index (κ1) is 22.7. The van der Waals surface area contributed by atoms with Crippen LogP contribution in [0.1, 0.15) is 42.4 Å². The van der Waals surface area contributed by atoms with Crippen molar-refractivity contribution in [3.8, 4) is 0 Å². The summed E-state index contributed by atoms with van der Waals surface area (Å²) in [5, 5.41) is 0. The molecule has 35 heavy (non-hydrogen) atoms. The van der Waals surface area contributed by atoms with E-state index < -0.39 is 6.04 Å². The van der Waals surface area contributed by atoms with Gasteiger partial charge in [-0.05, 0) is 66.9 Å². The molecule has 2 saturated heterocycles. The zero-order chi connectivity index (χ0) is 23.8. The minimum atomic E-state index is -0.433. The molecule has 0 bridgehead atoms. The third-order valence-electron chi connectivity index (χ3n) is 8.77. The van der Waals surface area contributed by atoms with Crippen molar-refractivity contribution in [3.63, 3.8) is 0 Å². The molecule has 0 N–H and O–H groups in total. The Morgan fingerprint density at radius 2 is 1.60 bits per heavy atom. The van der Waals surface area contributed by atoms with E-state index in [-0.39, 0.29) is 11.8 Å². The molecule has 0 radical (unpaired) electrons. The van der Waals surface area contributed by atoms with Crippen LogP contribution in [0, 0.1) is 0 Å². The number of morpholine rings is 1. The average molecular weight is 474 g/mol. The molecular formula is C29H35N3O3. The van der Waals surface area contributed by atoms with Crippen molar-refractivity contribution in [2.45, 2.75) is 50.0 Å². The summed E-state index contributed by atoms with van der Waals surface area (Å²) in [6, 6.07) is 16.5. The van der Waals surface area contributed by atoms with E-state index in [0.717, 1.165) is 30.9 Å². The van der Waals surface area contributed by atoms with Gasteiger partial charge in [0.05, 0.1) is 13.2 Å². The quantitative estimate of drug-likeness (QED) is 0.685. The molecule has 184 valence electrons. The van der Waals surface area contributed by atoms with E-state index in [9.17, 15) is 9.59 Å². The van der Waals surface area contributed by atoms with Gasteiger partial charge < -0.3 is 14.5 Å². The van der Waals surface area contributed by atoms with E-state index in [2.05, 4.69) is 29.2 Å². The Bertz CT molecular complexity index is 1100. The van der Waals surface area contributed by atoms with Gasteiger partial charge in [0.25, 0.3) is 0 Å². The van der Waals surface area contributed by atoms with Crippen LogP contribution in [-0.4, -0.2) is 73.6 Å². The van der Waals surface area contributed by atoms with Crippen LogP contribution in [0.3, 0.4) is 0 Å². The summed E-state index contributed by atoms with van der Waals surface area (Å²) in [6.45, 7) is 5.18. The van der Waals surface area contributed by atoms with Crippen molar-refractivity contribution in [3.05, 3.63) is 65.2 Å². The summed E-state index contributed by atoms with van der Waals surface area (Å²) in [5.74, 6) is 0.116. The Labute approximate surface area is 207 Å². The predicted molar refractivity (Wildman–Crippen MR) is 136 cm³/mol. The van der Waals surface area contributed by atoms with Gasteiger partial charge in [-0.1, -0.05) is 42.5 Å². The van der Waals surface area contributed by atoms with E-state index in [1.165, 1.54) is 31.2 Å². The Morgan fingerprint density at radius 3 is 2.40 bits per heavy atom. The second-order valence-corrected chi connectivity index (χ2v) is 10.6. The van der Waals surface area contributed by atoms with Crippen molar-refractivity contribution < 1.29 is 14.3 Å². The second kappa shape index (κ2) is 9.40. The number of piperidine rings is 1. The Morgan fingerprint density at radius 1 is 0.886 bits per heavy atom. The zero-order valence-corrected chi connectivity index (χ0v) is 20.5. The summed E-state index contributed by atoms with van der Waals surface area (Å²) in [7, 11) is 0. The van der Waals surface area contributed by atoms with Crippen LogP contribution in [0.4, 0.5) is 5.69 Å². The van der Waals surface area contributed by atoms with Crippen molar-refractivity contribution in [2.75, 3.05) is 50.8 Å². The minimum Gasteiger partial charge on any atom is -0.378 e. The Balaban J connectivity index is 1.11. The van der Waals surface area contributed by atoms with Gasteiger partial charge in [-0.15, -0.1) is 0 Å². The molecule has 6 heteroatoms. The summed E-state index contributed by atoms with van der Waals surface area (Å²) in [5.41, 5.74) is 5.42. The molecule has 1 spiro atoms. The van der Waals surface area contributed by atoms with Crippen LogP contribution in [0.2, 0.25) is 0 Å². The number of carbonyl (C=O) groups is 2.